The molecule has 1 saturated heterocycles. The molecule has 2 N–H and O–H groups in total. The van der Waals surface area contributed by atoms with Crippen molar-refractivity contribution in [1.29, 1.82) is 0 Å². The van der Waals surface area contributed by atoms with Gasteiger partial charge in [-0.15, -0.1) is 0 Å². The van der Waals surface area contributed by atoms with E-state index >= 15 is 0 Å². The Balaban J connectivity index is 1.52. The van der Waals surface area contributed by atoms with Gasteiger partial charge in [-0.05, 0) is 35.7 Å². The van der Waals surface area contributed by atoms with E-state index in [-0.39, 0.29) is 11.7 Å². The van der Waals surface area contributed by atoms with Crippen LogP contribution in [0.2, 0.25) is 0 Å². The lowest BCUT2D eigenvalue weighted by atomic mass is 10.1. The maximum absolute atomic E-state index is 13.6. The number of rotatable bonds is 7. The van der Waals surface area contributed by atoms with Crippen molar-refractivity contribution in [2.45, 2.75) is 0 Å². The number of amides is 1. The zero-order valence-electron chi connectivity index (χ0n) is 19.2. The molecule has 0 spiro atoms. The molecule has 2 aromatic carbocycles. The van der Waals surface area contributed by atoms with Crippen LogP contribution in [-0.4, -0.2) is 67.4 Å². The second-order valence-electron chi connectivity index (χ2n) is 8.46. The van der Waals surface area contributed by atoms with Crippen LogP contribution in [0.3, 0.4) is 0 Å². The lowest BCUT2D eigenvalue weighted by molar-refractivity contribution is 0.0949. The van der Waals surface area contributed by atoms with Gasteiger partial charge in [0.2, 0.25) is 5.78 Å². The standard InChI is InChI=1S/C27H28N4O3/c1-34-21-7-4-6-20(17-21)26(32)25-18-22(27(33)29-13-16-30-14-11-28-12-15-30)24-10-9-19-5-2-3-8-23(19)31(24)25/h2-10,17-18,28H,11-16H2,1H3,(H,29,33). The average molecular weight is 457 g/mol. The van der Waals surface area contributed by atoms with Crippen molar-refractivity contribution in [3.05, 3.63) is 83.6 Å². The van der Waals surface area contributed by atoms with Gasteiger partial charge in [0, 0.05) is 44.8 Å². The molecule has 0 radical (unpaired) electrons. The summed E-state index contributed by atoms with van der Waals surface area (Å²) in [6.07, 6.45) is 0. The molecule has 3 heterocycles. The number of hydrogen-bond donors (Lipinski definition) is 2. The van der Waals surface area contributed by atoms with Gasteiger partial charge >= 0.3 is 0 Å². The summed E-state index contributed by atoms with van der Waals surface area (Å²) in [4.78, 5) is 29.2. The maximum Gasteiger partial charge on any atom is 0.253 e. The summed E-state index contributed by atoms with van der Waals surface area (Å²) in [6.45, 7) is 5.27. The molecule has 4 aromatic rings. The molecule has 0 unspecified atom stereocenters. The van der Waals surface area contributed by atoms with E-state index in [4.69, 9.17) is 4.74 Å². The van der Waals surface area contributed by atoms with Gasteiger partial charge < -0.3 is 19.8 Å². The summed E-state index contributed by atoms with van der Waals surface area (Å²) in [7, 11) is 1.58. The smallest absolute Gasteiger partial charge is 0.253 e. The SMILES string of the molecule is COc1cccc(C(=O)c2cc(C(=O)NCCN3CCNCC3)c3ccc4ccccc4n23)c1. The Hall–Kier alpha value is -3.68. The monoisotopic (exact) mass is 456 g/mol. The van der Waals surface area contributed by atoms with Gasteiger partial charge in [-0.25, -0.2) is 0 Å². The number of benzene rings is 2. The van der Waals surface area contributed by atoms with Gasteiger partial charge in [-0.1, -0.05) is 36.4 Å². The topological polar surface area (TPSA) is 75.1 Å². The molecular formula is C27H28N4O3. The predicted molar refractivity (Wildman–Crippen MR) is 133 cm³/mol. The molecular weight excluding hydrogens is 428 g/mol. The van der Waals surface area contributed by atoms with E-state index in [1.165, 1.54) is 0 Å². The molecule has 7 heteroatoms. The van der Waals surface area contributed by atoms with Gasteiger partial charge in [0.1, 0.15) is 5.75 Å². The van der Waals surface area contributed by atoms with Crippen LogP contribution >= 0.6 is 0 Å². The largest absolute Gasteiger partial charge is 0.497 e. The van der Waals surface area contributed by atoms with Crippen LogP contribution in [0, 0.1) is 0 Å². The maximum atomic E-state index is 13.6. The van der Waals surface area contributed by atoms with E-state index in [2.05, 4.69) is 15.5 Å². The van der Waals surface area contributed by atoms with Crippen LogP contribution in [0.15, 0.2) is 66.7 Å². The van der Waals surface area contributed by atoms with Crippen LogP contribution in [0.4, 0.5) is 0 Å². The summed E-state index contributed by atoms with van der Waals surface area (Å²) in [5, 5.41) is 7.38. The van der Waals surface area contributed by atoms with E-state index < -0.39 is 0 Å². The molecule has 1 aliphatic rings. The zero-order chi connectivity index (χ0) is 23.5. The highest BCUT2D eigenvalue weighted by Gasteiger charge is 2.22. The number of fused-ring (bicyclic) bond motifs is 3. The lowest BCUT2D eigenvalue weighted by Crippen LogP contribution is -2.46. The second kappa shape index (κ2) is 9.67. The predicted octanol–water partition coefficient (Wildman–Crippen LogP) is 2.97. The number of ketones is 1. The number of aromatic nitrogens is 1. The minimum atomic E-state index is -0.174. The van der Waals surface area contributed by atoms with Gasteiger partial charge in [0.25, 0.3) is 5.91 Å². The number of hydrogen-bond acceptors (Lipinski definition) is 5. The molecule has 1 fully saturated rings. The van der Waals surface area contributed by atoms with Crippen LogP contribution in [0.25, 0.3) is 16.4 Å². The second-order valence-corrected chi connectivity index (χ2v) is 8.46. The van der Waals surface area contributed by atoms with Gasteiger partial charge in [-0.2, -0.15) is 0 Å². The lowest BCUT2D eigenvalue weighted by Gasteiger charge is -2.27. The molecule has 1 amide bonds. The minimum absolute atomic E-state index is 0.162. The average Bonchev–Trinajstić information content (AvgIpc) is 3.29. The van der Waals surface area contributed by atoms with Gasteiger partial charge in [0.15, 0.2) is 0 Å². The molecule has 174 valence electrons. The first-order chi connectivity index (χ1) is 16.7. The molecule has 5 rings (SSSR count). The van der Waals surface area contributed by atoms with Crippen LogP contribution in [0.5, 0.6) is 5.75 Å². The highest BCUT2D eigenvalue weighted by molar-refractivity contribution is 6.13. The third-order valence-electron chi connectivity index (χ3n) is 6.37. The quantitative estimate of drug-likeness (QED) is 0.418. The van der Waals surface area contributed by atoms with E-state index in [0.717, 1.165) is 43.6 Å². The van der Waals surface area contributed by atoms with Crippen molar-refractivity contribution in [3.63, 3.8) is 0 Å². The molecule has 1 aliphatic heterocycles. The van der Waals surface area contributed by atoms with Crippen LogP contribution < -0.4 is 15.4 Å². The Kier molecular flexibility index (Phi) is 6.29. The highest BCUT2D eigenvalue weighted by atomic mass is 16.5. The van der Waals surface area contributed by atoms with E-state index in [1.807, 2.05) is 40.8 Å². The Labute approximate surface area is 198 Å². The Morgan fingerprint density at radius 1 is 0.971 bits per heavy atom. The number of nitrogens with zero attached hydrogens (tertiary/aromatic N) is 2. The molecule has 0 atom stereocenters. The molecule has 0 bridgehead atoms. The minimum Gasteiger partial charge on any atom is -0.497 e. The van der Waals surface area contributed by atoms with Crippen molar-refractivity contribution in [1.82, 2.24) is 19.9 Å². The molecule has 34 heavy (non-hydrogen) atoms. The van der Waals surface area contributed by atoms with Crippen molar-refractivity contribution in [2.75, 3.05) is 46.4 Å². The van der Waals surface area contributed by atoms with E-state index in [1.54, 1.807) is 37.4 Å². The number of nitrogens with one attached hydrogen (secondary N) is 2. The number of carbonyl (C=O) groups is 2. The first-order valence-electron chi connectivity index (χ1n) is 11.6. The molecule has 2 aromatic heterocycles. The van der Waals surface area contributed by atoms with Crippen LogP contribution in [0.1, 0.15) is 26.4 Å². The Bertz CT molecular complexity index is 1350. The summed E-state index contributed by atoms with van der Waals surface area (Å²) >= 11 is 0. The third-order valence-corrected chi connectivity index (χ3v) is 6.37. The fourth-order valence-corrected chi connectivity index (χ4v) is 4.57. The van der Waals surface area contributed by atoms with E-state index in [9.17, 15) is 9.59 Å². The summed E-state index contributed by atoms with van der Waals surface area (Å²) in [6, 6.07) is 20.6. The number of methoxy groups -OCH3 is 1. The summed E-state index contributed by atoms with van der Waals surface area (Å²) < 4.78 is 7.20. The molecule has 0 aliphatic carbocycles. The summed E-state index contributed by atoms with van der Waals surface area (Å²) in [5.74, 6) is 0.278. The normalized spacial score (nSPS) is 14.4. The number of pyridine rings is 1. The zero-order valence-corrected chi connectivity index (χ0v) is 19.2. The molecule has 7 nitrogen and oxygen atoms in total. The fraction of sp³-hybridized carbons (Fsp3) is 0.259. The van der Waals surface area contributed by atoms with Crippen molar-refractivity contribution in [2.24, 2.45) is 0 Å². The number of piperazine rings is 1. The first kappa shape index (κ1) is 22.1. The third kappa shape index (κ3) is 4.27. The Morgan fingerprint density at radius 2 is 1.79 bits per heavy atom. The van der Waals surface area contributed by atoms with Gasteiger partial charge in [-0.3, -0.25) is 14.5 Å². The van der Waals surface area contributed by atoms with E-state index in [0.29, 0.717) is 34.6 Å². The number of carbonyl (C=O) groups excluding carboxylic acids is 2. The van der Waals surface area contributed by atoms with Crippen molar-refractivity contribution < 1.29 is 14.3 Å². The van der Waals surface area contributed by atoms with Crippen LogP contribution in [-0.2, 0) is 0 Å². The summed E-state index contributed by atoms with van der Waals surface area (Å²) in [5.41, 5.74) is 3.05. The fourth-order valence-electron chi connectivity index (χ4n) is 4.57. The van der Waals surface area contributed by atoms with Crippen molar-refractivity contribution >= 4 is 28.1 Å². The van der Waals surface area contributed by atoms with Gasteiger partial charge in [0.05, 0.1) is 29.4 Å². The number of ether oxygens (including phenoxy) is 1. The van der Waals surface area contributed by atoms with Crippen molar-refractivity contribution in [3.8, 4) is 5.75 Å². The number of para-hydroxylation sites is 1. The first-order valence-corrected chi connectivity index (χ1v) is 11.6. The highest BCUT2D eigenvalue weighted by Crippen LogP contribution is 2.26. The molecule has 0 saturated carbocycles. The Morgan fingerprint density at radius 3 is 2.62 bits per heavy atom.